The van der Waals surface area contributed by atoms with Gasteiger partial charge in [0.1, 0.15) is 5.75 Å². The second-order valence-electron chi connectivity index (χ2n) is 4.45. The van der Waals surface area contributed by atoms with E-state index >= 15 is 0 Å². The van der Waals surface area contributed by atoms with Gasteiger partial charge in [-0.2, -0.15) is 0 Å². The van der Waals surface area contributed by atoms with Crippen molar-refractivity contribution in [2.75, 3.05) is 13.7 Å². The Bertz CT molecular complexity index is 486. The molecule has 0 unspecified atom stereocenters. The molecule has 0 aliphatic rings. The molecular formula is C14H20BrNO3. The highest BCUT2D eigenvalue weighted by Gasteiger charge is 2.17. The summed E-state index contributed by atoms with van der Waals surface area (Å²) in [7, 11) is 1.63. The number of aliphatic hydroxyl groups excluding tert-OH is 1. The molecule has 0 aromatic heterocycles. The van der Waals surface area contributed by atoms with Crippen molar-refractivity contribution in [3.05, 3.63) is 26.7 Å². The maximum Gasteiger partial charge on any atom is 0.222 e. The zero-order valence-electron chi connectivity index (χ0n) is 11.8. The molecule has 0 saturated carbocycles. The molecule has 0 saturated heterocycles. The largest absolute Gasteiger partial charge is 0.496 e. The fourth-order valence-electron chi connectivity index (χ4n) is 2.01. The van der Waals surface area contributed by atoms with E-state index in [9.17, 15) is 4.79 Å². The van der Waals surface area contributed by atoms with Crippen LogP contribution in [0.2, 0.25) is 0 Å². The summed E-state index contributed by atoms with van der Waals surface area (Å²) in [6, 6.07) is 0. The minimum absolute atomic E-state index is 0.118. The molecule has 2 N–H and O–H groups in total. The molecule has 0 radical (unpaired) electrons. The normalized spacial score (nSPS) is 10.4. The zero-order chi connectivity index (χ0) is 14.6. The van der Waals surface area contributed by atoms with Gasteiger partial charge in [-0.05, 0) is 37.5 Å². The van der Waals surface area contributed by atoms with E-state index in [1.807, 2.05) is 20.8 Å². The Balaban J connectivity index is 3.09. The molecule has 1 aromatic carbocycles. The number of hydrogen-bond donors (Lipinski definition) is 2. The molecule has 0 fully saturated rings. The Morgan fingerprint density at radius 2 is 1.89 bits per heavy atom. The number of carbonyl (C=O) groups is 1. The second kappa shape index (κ2) is 6.91. The summed E-state index contributed by atoms with van der Waals surface area (Å²) in [5.41, 5.74) is 4.22. The molecular weight excluding hydrogens is 310 g/mol. The van der Waals surface area contributed by atoms with E-state index in [0.29, 0.717) is 6.54 Å². The summed E-state index contributed by atoms with van der Waals surface area (Å²) in [6.45, 7) is 6.28. The quantitative estimate of drug-likeness (QED) is 0.871. The van der Waals surface area contributed by atoms with Gasteiger partial charge in [-0.3, -0.25) is 4.79 Å². The average molecular weight is 330 g/mol. The van der Waals surface area contributed by atoms with Crippen molar-refractivity contribution in [1.29, 1.82) is 0 Å². The molecule has 0 spiro atoms. The average Bonchev–Trinajstić information content (AvgIpc) is 2.39. The van der Waals surface area contributed by atoms with E-state index < -0.39 is 0 Å². The van der Waals surface area contributed by atoms with Gasteiger partial charge in [0.2, 0.25) is 5.91 Å². The van der Waals surface area contributed by atoms with Crippen molar-refractivity contribution in [2.45, 2.75) is 33.7 Å². The third-order valence-corrected chi connectivity index (χ3v) is 4.48. The van der Waals surface area contributed by atoms with E-state index in [0.717, 1.165) is 32.5 Å². The topological polar surface area (TPSA) is 58.6 Å². The first kappa shape index (κ1) is 16.0. The predicted octanol–water partition coefficient (Wildman–Crippen LogP) is 2.38. The minimum Gasteiger partial charge on any atom is -0.496 e. The van der Waals surface area contributed by atoms with E-state index in [1.165, 1.54) is 0 Å². The lowest BCUT2D eigenvalue weighted by Gasteiger charge is -2.19. The van der Waals surface area contributed by atoms with E-state index in [4.69, 9.17) is 9.84 Å². The molecule has 1 amide bonds. The lowest BCUT2D eigenvalue weighted by molar-refractivity contribution is -0.121. The molecule has 0 atom stereocenters. The first-order valence-corrected chi connectivity index (χ1v) is 6.93. The Labute approximate surface area is 122 Å². The Hall–Kier alpha value is -1.07. The van der Waals surface area contributed by atoms with Crippen molar-refractivity contribution in [2.24, 2.45) is 0 Å². The van der Waals surface area contributed by atoms with Crippen molar-refractivity contribution >= 4 is 21.8 Å². The van der Waals surface area contributed by atoms with Crippen LogP contribution in [0.3, 0.4) is 0 Å². The minimum atomic E-state index is -0.168. The van der Waals surface area contributed by atoms with Crippen LogP contribution < -0.4 is 10.1 Å². The highest BCUT2D eigenvalue weighted by Crippen LogP contribution is 2.35. The Morgan fingerprint density at radius 3 is 2.42 bits per heavy atom. The van der Waals surface area contributed by atoms with Crippen LogP contribution in [-0.4, -0.2) is 24.7 Å². The van der Waals surface area contributed by atoms with Crippen LogP contribution in [0.1, 0.15) is 28.7 Å². The number of hydrogen-bond acceptors (Lipinski definition) is 3. The molecule has 1 aromatic rings. The third kappa shape index (κ3) is 3.48. The summed E-state index contributed by atoms with van der Waals surface area (Å²) < 4.78 is 6.50. The standard InChI is InChI=1S/C14H20BrNO3/c1-8-9(2)14(19-4)11(10(3)13(8)15)7-16-12(18)5-6-17/h17H,5-7H2,1-4H3,(H,16,18). The maximum absolute atomic E-state index is 11.4. The van der Waals surface area contributed by atoms with Crippen molar-refractivity contribution < 1.29 is 14.6 Å². The zero-order valence-corrected chi connectivity index (χ0v) is 13.3. The number of benzene rings is 1. The van der Waals surface area contributed by atoms with Crippen molar-refractivity contribution in [3.63, 3.8) is 0 Å². The smallest absolute Gasteiger partial charge is 0.222 e. The first-order chi connectivity index (χ1) is 8.93. The van der Waals surface area contributed by atoms with E-state index in [2.05, 4.69) is 21.2 Å². The van der Waals surface area contributed by atoms with Gasteiger partial charge in [-0.1, -0.05) is 15.9 Å². The van der Waals surface area contributed by atoms with Crippen LogP contribution in [-0.2, 0) is 11.3 Å². The number of aliphatic hydroxyl groups is 1. The van der Waals surface area contributed by atoms with Gasteiger partial charge >= 0.3 is 0 Å². The van der Waals surface area contributed by atoms with Crippen molar-refractivity contribution in [1.82, 2.24) is 5.32 Å². The van der Waals surface area contributed by atoms with Gasteiger partial charge < -0.3 is 15.2 Å². The number of halogens is 1. The maximum atomic E-state index is 11.4. The van der Waals surface area contributed by atoms with Gasteiger partial charge in [0.25, 0.3) is 0 Å². The van der Waals surface area contributed by atoms with Gasteiger partial charge in [0, 0.05) is 23.0 Å². The predicted molar refractivity (Wildman–Crippen MR) is 78.5 cm³/mol. The van der Waals surface area contributed by atoms with E-state index in [1.54, 1.807) is 7.11 Å². The first-order valence-electron chi connectivity index (χ1n) is 6.13. The summed E-state index contributed by atoms with van der Waals surface area (Å²) >= 11 is 3.57. The fraction of sp³-hybridized carbons (Fsp3) is 0.500. The lowest BCUT2D eigenvalue weighted by Crippen LogP contribution is -2.24. The van der Waals surface area contributed by atoms with Gasteiger partial charge in [-0.15, -0.1) is 0 Å². The van der Waals surface area contributed by atoms with Crippen LogP contribution in [0.4, 0.5) is 0 Å². The molecule has 0 aliphatic carbocycles. The molecule has 5 heteroatoms. The Morgan fingerprint density at radius 1 is 1.26 bits per heavy atom. The second-order valence-corrected chi connectivity index (χ2v) is 5.24. The molecule has 106 valence electrons. The molecule has 0 heterocycles. The van der Waals surface area contributed by atoms with Crippen LogP contribution in [0.15, 0.2) is 4.47 Å². The van der Waals surface area contributed by atoms with Crippen LogP contribution in [0.5, 0.6) is 5.75 Å². The van der Waals surface area contributed by atoms with Gasteiger partial charge in [-0.25, -0.2) is 0 Å². The number of amides is 1. The summed E-state index contributed by atoms with van der Waals surface area (Å²) in [5, 5.41) is 11.5. The number of carbonyl (C=O) groups excluding carboxylic acids is 1. The van der Waals surface area contributed by atoms with Gasteiger partial charge in [0.05, 0.1) is 13.7 Å². The molecule has 19 heavy (non-hydrogen) atoms. The number of rotatable bonds is 5. The molecule has 4 nitrogen and oxygen atoms in total. The number of nitrogens with one attached hydrogen (secondary N) is 1. The molecule has 1 rings (SSSR count). The van der Waals surface area contributed by atoms with Crippen LogP contribution >= 0.6 is 15.9 Å². The van der Waals surface area contributed by atoms with Crippen LogP contribution in [0.25, 0.3) is 0 Å². The summed E-state index contributed by atoms with van der Waals surface area (Å²) in [5.74, 6) is 0.640. The molecule has 0 aliphatic heterocycles. The SMILES string of the molecule is COc1c(C)c(C)c(Br)c(C)c1CNC(=O)CCO. The Kier molecular flexibility index (Phi) is 5.82. The van der Waals surface area contributed by atoms with Crippen LogP contribution in [0, 0.1) is 20.8 Å². The number of methoxy groups -OCH3 is 1. The molecule has 0 bridgehead atoms. The lowest BCUT2D eigenvalue weighted by atomic mass is 9.99. The van der Waals surface area contributed by atoms with E-state index in [-0.39, 0.29) is 18.9 Å². The highest BCUT2D eigenvalue weighted by atomic mass is 79.9. The highest BCUT2D eigenvalue weighted by molar-refractivity contribution is 9.10. The van der Waals surface area contributed by atoms with Gasteiger partial charge in [0.15, 0.2) is 0 Å². The monoisotopic (exact) mass is 329 g/mol. The summed E-state index contributed by atoms with van der Waals surface area (Å²) in [6.07, 6.45) is 0.118. The fourth-order valence-corrected chi connectivity index (χ4v) is 2.55. The third-order valence-electron chi connectivity index (χ3n) is 3.29. The van der Waals surface area contributed by atoms with Crippen molar-refractivity contribution in [3.8, 4) is 5.75 Å². The summed E-state index contributed by atoms with van der Waals surface area (Å²) in [4.78, 5) is 11.4. The number of ether oxygens (including phenoxy) is 1.